The van der Waals surface area contributed by atoms with Gasteiger partial charge in [0.2, 0.25) is 0 Å². The fraction of sp³-hybridized carbons (Fsp3) is 0.524. The van der Waals surface area contributed by atoms with Gasteiger partial charge >= 0.3 is 0 Å². The molecule has 0 saturated heterocycles. The molecule has 1 aromatic rings. The van der Waals surface area contributed by atoms with Crippen LogP contribution in [-0.2, 0) is 0 Å². The van der Waals surface area contributed by atoms with E-state index in [1.165, 1.54) is 58.6 Å². The summed E-state index contributed by atoms with van der Waals surface area (Å²) in [6, 6.07) is 9.21. The Bertz CT molecular complexity index is 515. The molecule has 1 fully saturated rings. The number of rotatable bonds is 6. The van der Waals surface area contributed by atoms with Gasteiger partial charge in [0, 0.05) is 4.91 Å². The van der Waals surface area contributed by atoms with Crippen LogP contribution in [0.5, 0.6) is 0 Å². The van der Waals surface area contributed by atoms with Gasteiger partial charge in [-0.25, -0.2) is 0 Å². The van der Waals surface area contributed by atoms with Gasteiger partial charge < -0.3 is 0 Å². The number of hydrogen-bond donors (Lipinski definition) is 0. The lowest BCUT2D eigenvalue weighted by molar-refractivity contribution is 0.443. The molecule has 22 heavy (non-hydrogen) atoms. The first-order valence-electron chi connectivity index (χ1n) is 8.81. The monoisotopic (exact) mass is 314 g/mol. The van der Waals surface area contributed by atoms with E-state index in [0.29, 0.717) is 0 Å². The number of allylic oxidation sites excluding steroid dienone is 2. The summed E-state index contributed by atoms with van der Waals surface area (Å²) in [5.41, 5.74) is 4.30. The Labute approximate surface area is 141 Å². The minimum atomic E-state index is 0.789. The lowest BCUT2D eigenvalue weighted by atomic mass is 9.84. The Morgan fingerprint density at radius 3 is 2.23 bits per heavy atom. The van der Waals surface area contributed by atoms with Crippen molar-refractivity contribution >= 4 is 16.7 Å². The maximum Gasteiger partial charge on any atom is 0.0119 e. The summed E-state index contributed by atoms with van der Waals surface area (Å²) in [7, 11) is 0. The summed E-state index contributed by atoms with van der Waals surface area (Å²) >= 11 is 1.86. The molecule has 0 amide bonds. The maximum absolute atomic E-state index is 4.30. The van der Waals surface area contributed by atoms with Crippen LogP contribution < -0.4 is 0 Å². The highest BCUT2D eigenvalue weighted by molar-refractivity contribution is 8.11. The highest BCUT2D eigenvalue weighted by Crippen LogP contribution is 2.37. The van der Waals surface area contributed by atoms with Gasteiger partial charge in [-0.2, -0.15) is 0 Å². The van der Waals surface area contributed by atoms with Gasteiger partial charge in [-0.3, -0.25) is 0 Å². The van der Waals surface area contributed by atoms with Crippen LogP contribution in [-0.4, -0.2) is 0 Å². The fourth-order valence-electron chi connectivity index (χ4n) is 3.24. The average molecular weight is 315 g/mol. The fourth-order valence-corrected chi connectivity index (χ4v) is 4.26. The second kappa shape index (κ2) is 8.62. The van der Waals surface area contributed by atoms with Crippen molar-refractivity contribution in [2.45, 2.75) is 71.6 Å². The zero-order chi connectivity index (χ0) is 15.9. The van der Waals surface area contributed by atoms with Crippen molar-refractivity contribution in [2.75, 3.05) is 0 Å². The number of benzene rings is 1. The zero-order valence-corrected chi connectivity index (χ0v) is 15.3. The van der Waals surface area contributed by atoms with Gasteiger partial charge in [0.15, 0.2) is 0 Å². The van der Waals surface area contributed by atoms with Gasteiger partial charge in [0.25, 0.3) is 0 Å². The van der Waals surface area contributed by atoms with Crippen molar-refractivity contribution in [3.05, 3.63) is 52.4 Å². The Kier molecular flexibility index (Phi) is 6.82. The van der Waals surface area contributed by atoms with Crippen molar-refractivity contribution in [2.24, 2.45) is 0 Å². The molecule has 0 spiro atoms. The predicted octanol–water partition coefficient (Wildman–Crippen LogP) is 7.53. The van der Waals surface area contributed by atoms with E-state index in [2.05, 4.69) is 51.6 Å². The SMILES string of the molecule is C=C(S/C(CC)=C(\C)CC)c1ccc(C2CCCCC2)cc1. The van der Waals surface area contributed by atoms with E-state index in [1.54, 1.807) is 0 Å². The van der Waals surface area contributed by atoms with Crippen LogP contribution in [0.4, 0.5) is 0 Å². The summed E-state index contributed by atoms with van der Waals surface area (Å²) in [5, 5.41) is 0. The van der Waals surface area contributed by atoms with Crippen LogP contribution in [0.1, 0.15) is 82.8 Å². The molecular weight excluding hydrogens is 284 g/mol. The Morgan fingerprint density at radius 2 is 1.68 bits per heavy atom. The van der Waals surface area contributed by atoms with E-state index >= 15 is 0 Å². The summed E-state index contributed by atoms with van der Waals surface area (Å²) in [5.74, 6) is 0.789. The zero-order valence-electron chi connectivity index (χ0n) is 14.5. The molecular formula is C21H30S. The van der Waals surface area contributed by atoms with Gasteiger partial charge in [0.05, 0.1) is 0 Å². The minimum absolute atomic E-state index is 0.789. The molecule has 0 unspecified atom stereocenters. The molecule has 0 radical (unpaired) electrons. The highest BCUT2D eigenvalue weighted by Gasteiger charge is 2.15. The molecule has 0 nitrogen and oxygen atoms in total. The molecule has 1 aliphatic carbocycles. The molecule has 0 aromatic heterocycles. The number of hydrogen-bond acceptors (Lipinski definition) is 1. The van der Waals surface area contributed by atoms with E-state index in [4.69, 9.17) is 0 Å². The quantitative estimate of drug-likeness (QED) is 0.523. The molecule has 2 rings (SSSR count). The van der Waals surface area contributed by atoms with E-state index in [1.807, 2.05) is 11.8 Å². The minimum Gasteiger partial charge on any atom is -0.0946 e. The van der Waals surface area contributed by atoms with Crippen LogP contribution in [0, 0.1) is 0 Å². The molecule has 0 atom stereocenters. The molecule has 1 aromatic carbocycles. The Hall–Kier alpha value is -0.950. The van der Waals surface area contributed by atoms with Crippen molar-refractivity contribution in [1.82, 2.24) is 0 Å². The van der Waals surface area contributed by atoms with Crippen LogP contribution in [0.25, 0.3) is 4.91 Å². The van der Waals surface area contributed by atoms with E-state index in [-0.39, 0.29) is 0 Å². The van der Waals surface area contributed by atoms with Crippen molar-refractivity contribution in [3.63, 3.8) is 0 Å². The van der Waals surface area contributed by atoms with E-state index < -0.39 is 0 Å². The van der Waals surface area contributed by atoms with Crippen LogP contribution in [0.15, 0.2) is 41.3 Å². The summed E-state index contributed by atoms with van der Waals surface area (Å²) in [4.78, 5) is 2.66. The Balaban J connectivity index is 2.04. The number of thioether (sulfide) groups is 1. The summed E-state index contributed by atoms with van der Waals surface area (Å²) < 4.78 is 0. The molecule has 0 heterocycles. The maximum atomic E-state index is 4.30. The molecule has 1 saturated carbocycles. The van der Waals surface area contributed by atoms with Gasteiger partial charge in [0.1, 0.15) is 0 Å². The van der Waals surface area contributed by atoms with Gasteiger partial charge in [-0.1, -0.05) is 81.3 Å². The summed E-state index contributed by atoms with van der Waals surface area (Å²) in [6.07, 6.45) is 9.19. The third-order valence-electron chi connectivity index (χ3n) is 4.88. The largest absolute Gasteiger partial charge is 0.0946 e. The lowest BCUT2D eigenvalue weighted by Crippen LogP contribution is -2.04. The Morgan fingerprint density at radius 1 is 1.05 bits per heavy atom. The first-order valence-corrected chi connectivity index (χ1v) is 9.63. The van der Waals surface area contributed by atoms with Crippen molar-refractivity contribution in [1.29, 1.82) is 0 Å². The third kappa shape index (κ3) is 4.52. The highest BCUT2D eigenvalue weighted by atomic mass is 32.2. The molecule has 0 aliphatic heterocycles. The molecule has 1 aliphatic rings. The second-order valence-electron chi connectivity index (χ2n) is 6.39. The van der Waals surface area contributed by atoms with Crippen LogP contribution in [0.2, 0.25) is 0 Å². The van der Waals surface area contributed by atoms with Crippen molar-refractivity contribution < 1.29 is 0 Å². The lowest BCUT2D eigenvalue weighted by Gasteiger charge is -2.22. The second-order valence-corrected chi connectivity index (χ2v) is 7.58. The topological polar surface area (TPSA) is 0 Å². The first kappa shape index (κ1) is 17.4. The van der Waals surface area contributed by atoms with Crippen LogP contribution >= 0.6 is 11.8 Å². The van der Waals surface area contributed by atoms with Crippen LogP contribution in [0.3, 0.4) is 0 Å². The normalized spacial score (nSPS) is 17.2. The molecule has 0 N–H and O–H groups in total. The molecule has 1 heteroatoms. The smallest absolute Gasteiger partial charge is 0.0119 e. The van der Waals surface area contributed by atoms with E-state index in [9.17, 15) is 0 Å². The van der Waals surface area contributed by atoms with Gasteiger partial charge in [-0.15, -0.1) is 0 Å². The molecule has 0 bridgehead atoms. The molecule has 120 valence electrons. The van der Waals surface area contributed by atoms with Gasteiger partial charge in [-0.05, 0) is 54.6 Å². The first-order chi connectivity index (χ1) is 10.7. The summed E-state index contributed by atoms with van der Waals surface area (Å²) in [6.45, 7) is 11.0. The van der Waals surface area contributed by atoms with Crippen molar-refractivity contribution in [3.8, 4) is 0 Å². The predicted molar refractivity (Wildman–Crippen MR) is 102 cm³/mol. The average Bonchev–Trinajstić information content (AvgIpc) is 2.59. The third-order valence-corrected chi connectivity index (χ3v) is 6.25. The standard InChI is InChI=1S/C21H30S/c1-5-16(3)21(6-2)22-17(4)18-12-14-20(15-13-18)19-10-8-7-9-11-19/h12-15,19H,4-11H2,1-3H3/b21-16+. The van der Waals surface area contributed by atoms with E-state index in [0.717, 1.165) is 18.8 Å².